The number of benzene rings is 1. The summed E-state index contributed by atoms with van der Waals surface area (Å²) in [7, 11) is 0. The topological polar surface area (TPSA) is 48.0 Å². The van der Waals surface area contributed by atoms with E-state index < -0.39 is 0 Å². The Balaban J connectivity index is 2.32. The lowest BCUT2D eigenvalue weighted by atomic mass is 10.0. The highest BCUT2D eigenvalue weighted by Gasteiger charge is 2.14. The fourth-order valence-electron chi connectivity index (χ4n) is 2.15. The van der Waals surface area contributed by atoms with Gasteiger partial charge in [0, 0.05) is 23.1 Å². The Morgan fingerprint density at radius 2 is 2.21 bits per heavy atom. The van der Waals surface area contributed by atoms with E-state index in [1.54, 1.807) is 6.07 Å². The molecule has 0 saturated heterocycles. The lowest BCUT2D eigenvalue weighted by molar-refractivity contribution is 0.476. The number of aromatic nitrogens is 1. The van der Waals surface area contributed by atoms with Gasteiger partial charge in [-0.15, -0.1) is 0 Å². The lowest BCUT2D eigenvalue weighted by Gasteiger charge is -2.12. The van der Waals surface area contributed by atoms with Gasteiger partial charge in [-0.2, -0.15) is 0 Å². The average Bonchev–Trinajstić information content (AvgIpc) is 2.56. The summed E-state index contributed by atoms with van der Waals surface area (Å²) in [6.45, 7) is 1.93. The van der Waals surface area contributed by atoms with Crippen LogP contribution in [-0.2, 0) is 13.0 Å². The van der Waals surface area contributed by atoms with E-state index in [4.69, 9.17) is 0 Å². The first-order chi connectivity index (χ1) is 6.84. The maximum atomic E-state index is 9.42. The van der Waals surface area contributed by atoms with Crippen molar-refractivity contribution in [3.8, 4) is 5.75 Å². The predicted octanol–water partition coefficient (Wildman–Crippen LogP) is 1.52. The van der Waals surface area contributed by atoms with Crippen molar-refractivity contribution < 1.29 is 5.11 Å². The van der Waals surface area contributed by atoms with Crippen LogP contribution in [0.1, 0.15) is 11.3 Å². The van der Waals surface area contributed by atoms with Gasteiger partial charge in [-0.1, -0.05) is 0 Å². The molecule has 14 heavy (non-hydrogen) atoms. The van der Waals surface area contributed by atoms with E-state index in [0.717, 1.165) is 25.0 Å². The van der Waals surface area contributed by atoms with Gasteiger partial charge < -0.3 is 15.4 Å². The molecular formula is C11H12N2O. The second-order valence-electron chi connectivity index (χ2n) is 3.74. The average molecular weight is 188 g/mol. The second-order valence-corrected chi connectivity index (χ2v) is 3.74. The number of phenols is 1. The summed E-state index contributed by atoms with van der Waals surface area (Å²) >= 11 is 0. The summed E-state index contributed by atoms with van der Waals surface area (Å²) in [5.41, 5.74) is 3.74. The van der Waals surface area contributed by atoms with Crippen molar-refractivity contribution in [2.24, 2.45) is 0 Å². The Hall–Kier alpha value is -1.48. The third-order valence-corrected chi connectivity index (χ3v) is 2.83. The van der Waals surface area contributed by atoms with Crippen molar-refractivity contribution in [3.63, 3.8) is 0 Å². The van der Waals surface area contributed by atoms with Gasteiger partial charge in [-0.05, 0) is 36.7 Å². The molecule has 1 aromatic carbocycles. The molecule has 1 aromatic heterocycles. The summed E-state index contributed by atoms with van der Waals surface area (Å²) in [4.78, 5) is 3.37. The molecule has 2 aromatic rings. The molecule has 0 amide bonds. The van der Waals surface area contributed by atoms with Gasteiger partial charge in [0.1, 0.15) is 5.75 Å². The maximum Gasteiger partial charge on any atom is 0.116 e. The Kier molecular flexibility index (Phi) is 1.55. The van der Waals surface area contributed by atoms with Crippen molar-refractivity contribution >= 4 is 10.9 Å². The maximum absolute atomic E-state index is 9.42. The van der Waals surface area contributed by atoms with Crippen LogP contribution in [0.3, 0.4) is 0 Å². The van der Waals surface area contributed by atoms with Crippen LogP contribution in [0.2, 0.25) is 0 Å². The molecule has 72 valence electrons. The molecule has 0 spiro atoms. The molecular weight excluding hydrogens is 176 g/mol. The first-order valence-corrected chi connectivity index (χ1v) is 4.88. The molecule has 0 atom stereocenters. The van der Waals surface area contributed by atoms with E-state index in [2.05, 4.69) is 10.3 Å². The van der Waals surface area contributed by atoms with Gasteiger partial charge in [0.05, 0.1) is 0 Å². The third kappa shape index (κ3) is 1.02. The molecule has 0 fully saturated rings. The van der Waals surface area contributed by atoms with Crippen LogP contribution in [0.25, 0.3) is 10.9 Å². The summed E-state index contributed by atoms with van der Waals surface area (Å²) in [6, 6.07) is 5.50. The van der Waals surface area contributed by atoms with E-state index in [-0.39, 0.29) is 0 Å². The van der Waals surface area contributed by atoms with Gasteiger partial charge >= 0.3 is 0 Å². The number of nitrogens with one attached hydrogen (secondary N) is 2. The number of phenolic OH excluding ortho intramolecular Hbond substituents is 1. The molecule has 3 heteroatoms. The van der Waals surface area contributed by atoms with Crippen molar-refractivity contribution in [3.05, 3.63) is 29.5 Å². The first kappa shape index (κ1) is 7.88. The van der Waals surface area contributed by atoms with Gasteiger partial charge in [0.15, 0.2) is 0 Å². The molecule has 3 N–H and O–H groups in total. The van der Waals surface area contributed by atoms with Crippen molar-refractivity contribution in [1.82, 2.24) is 10.3 Å². The van der Waals surface area contributed by atoms with E-state index in [9.17, 15) is 5.11 Å². The number of H-pyrrole nitrogens is 1. The number of hydrogen-bond donors (Lipinski definition) is 3. The molecule has 0 radical (unpaired) electrons. The zero-order valence-corrected chi connectivity index (χ0v) is 7.80. The largest absolute Gasteiger partial charge is 0.508 e. The zero-order valence-electron chi connectivity index (χ0n) is 7.80. The quantitative estimate of drug-likeness (QED) is 0.587. The molecule has 1 aliphatic rings. The number of hydrogen-bond acceptors (Lipinski definition) is 2. The summed E-state index contributed by atoms with van der Waals surface area (Å²) < 4.78 is 0. The fraction of sp³-hybridized carbons (Fsp3) is 0.273. The van der Waals surface area contributed by atoms with Crippen LogP contribution in [0.5, 0.6) is 5.75 Å². The fourth-order valence-corrected chi connectivity index (χ4v) is 2.15. The van der Waals surface area contributed by atoms with Crippen molar-refractivity contribution in [2.75, 3.05) is 6.54 Å². The minimum atomic E-state index is 0.345. The highest BCUT2D eigenvalue weighted by molar-refractivity contribution is 5.86. The van der Waals surface area contributed by atoms with E-state index in [1.165, 1.54) is 16.6 Å². The minimum absolute atomic E-state index is 0.345. The van der Waals surface area contributed by atoms with Gasteiger partial charge in [0.25, 0.3) is 0 Å². The van der Waals surface area contributed by atoms with Gasteiger partial charge in [-0.25, -0.2) is 0 Å². The van der Waals surface area contributed by atoms with E-state index in [1.807, 2.05) is 12.1 Å². The van der Waals surface area contributed by atoms with Crippen LogP contribution >= 0.6 is 0 Å². The predicted molar refractivity (Wildman–Crippen MR) is 55.4 cm³/mol. The lowest BCUT2D eigenvalue weighted by Crippen LogP contribution is -2.22. The van der Waals surface area contributed by atoms with Gasteiger partial charge in [0.2, 0.25) is 0 Å². The highest BCUT2D eigenvalue weighted by Crippen LogP contribution is 2.27. The molecule has 2 heterocycles. The smallest absolute Gasteiger partial charge is 0.116 e. The molecule has 3 rings (SSSR count). The normalized spacial score (nSPS) is 15.7. The number of fused-ring (bicyclic) bond motifs is 3. The number of rotatable bonds is 0. The molecule has 1 aliphatic heterocycles. The second kappa shape index (κ2) is 2.75. The van der Waals surface area contributed by atoms with Crippen molar-refractivity contribution in [1.29, 1.82) is 0 Å². The summed E-state index contributed by atoms with van der Waals surface area (Å²) in [5, 5.41) is 13.9. The standard InChI is InChI=1S/C11H12N2O/c14-7-1-2-10-9(5-7)8-3-4-12-6-11(8)13-10/h1-2,5,12-14H,3-4,6H2. The SMILES string of the molecule is Oc1ccc2[nH]c3c(c2c1)CCNC3. The third-order valence-electron chi connectivity index (χ3n) is 2.83. The monoisotopic (exact) mass is 188 g/mol. The van der Waals surface area contributed by atoms with Crippen LogP contribution in [0.15, 0.2) is 18.2 Å². The molecule has 0 saturated carbocycles. The van der Waals surface area contributed by atoms with E-state index in [0.29, 0.717) is 5.75 Å². The van der Waals surface area contributed by atoms with Crippen LogP contribution in [0, 0.1) is 0 Å². The van der Waals surface area contributed by atoms with Gasteiger partial charge in [-0.3, -0.25) is 0 Å². The molecule has 0 bridgehead atoms. The Labute approximate surface area is 81.8 Å². The zero-order chi connectivity index (χ0) is 9.54. The Morgan fingerprint density at radius 3 is 3.14 bits per heavy atom. The Morgan fingerprint density at radius 1 is 1.29 bits per heavy atom. The Bertz CT molecular complexity index is 487. The van der Waals surface area contributed by atoms with Crippen LogP contribution in [-0.4, -0.2) is 16.6 Å². The summed E-state index contributed by atoms with van der Waals surface area (Å²) in [5.74, 6) is 0.345. The molecule has 3 nitrogen and oxygen atoms in total. The first-order valence-electron chi connectivity index (χ1n) is 4.88. The van der Waals surface area contributed by atoms with E-state index >= 15 is 0 Å². The van der Waals surface area contributed by atoms with Crippen LogP contribution in [0.4, 0.5) is 0 Å². The highest BCUT2D eigenvalue weighted by atomic mass is 16.3. The number of aromatic hydroxyl groups is 1. The summed E-state index contributed by atoms with van der Waals surface area (Å²) in [6.07, 6.45) is 1.04. The minimum Gasteiger partial charge on any atom is -0.508 e. The molecule has 0 aliphatic carbocycles. The van der Waals surface area contributed by atoms with Crippen molar-refractivity contribution in [2.45, 2.75) is 13.0 Å². The molecule has 0 unspecified atom stereocenters. The number of aromatic amines is 1. The van der Waals surface area contributed by atoms with Crippen LogP contribution < -0.4 is 5.32 Å².